The maximum atomic E-state index is 13.1. The topological polar surface area (TPSA) is 143 Å². The molecule has 0 saturated heterocycles. The number of carbonyl (C=O) groups is 3. The third-order valence-corrected chi connectivity index (χ3v) is 9.18. The van der Waals surface area contributed by atoms with E-state index in [1.165, 1.54) is 12.1 Å². The Morgan fingerprint density at radius 1 is 0.822 bits per heavy atom. The summed E-state index contributed by atoms with van der Waals surface area (Å²) in [5.41, 5.74) is 7.62. The second-order valence-electron chi connectivity index (χ2n) is 10.8. The summed E-state index contributed by atoms with van der Waals surface area (Å²) in [5, 5.41) is 1.97. The second kappa shape index (κ2) is 13.0. The summed E-state index contributed by atoms with van der Waals surface area (Å²) in [6.07, 6.45) is 1.85. The van der Waals surface area contributed by atoms with Crippen molar-refractivity contribution < 1.29 is 32.3 Å². The van der Waals surface area contributed by atoms with Crippen LogP contribution in [0.1, 0.15) is 52.0 Å². The highest BCUT2D eigenvalue weighted by Crippen LogP contribution is 2.38. The fraction of sp³-hybridized carbons (Fsp3) is 0.242. The highest BCUT2D eigenvalue weighted by molar-refractivity contribution is 7.89. The SMILES string of the molecule is O=C(CCCCCNS(=O)(=O)c1ccc2c(c1)OCCO2)NNC(=O)c1ccc(CN2C(=O)c3cccc4cccc2c34)cc1. The summed E-state index contributed by atoms with van der Waals surface area (Å²) in [7, 11) is -3.70. The maximum absolute atomic E-state index is 13.1. The van der Waals surface area contributed by atoms with Crippen molar-refractivity contribution in [2.75, 3.05) is 24.7 Å². The molecule has 12 heteroatoms. The van der Waals surface area contributed by atoms with Crippen LogP contribution in [-0.2, 0) is 21.4 Å². The van der Waals surface area contributed by atoms with Crippen LogP contribution >= 0.6 is 0 Å². The van der Waals surface area contributed by atoms with E-state index in [0.29, 0.717) is 61.6 Å². The van der Waals surface area contributed by atoms with Gasteiger partial charge in [0.1, 0.15) is 13.2 Å². The number of anilines is 1. The molecule has 0 unspecified atom stereocenters. The van der Waals surface area contributed by atoms with Gasteiger partial charge in [-0.1, -0.05) is 42.8 Å². The van der Waals surface area contributed by atoms with Gasteiger partial charge in [-0.15, -0.1) is 0 Å². The van der Waals surface area contributed by atoms with Crippen LogP contribution in [0.15, 0.2) is 83.8 Å². The molecule has 4 aromatic rings. The molecule has 232 valence electrons. The molecule has 0 aliphatic carbocycles. The number of fused-ring (bicyclic) bond motifs is 1. The van der Waals surface area contributed by atoms with Crippen molar-refractivity contribution in [3.8, 4) is 11.5 Å². The molecule has 4 aromatic carbocycles. The minimum atomic E-state index is -3.70. The number of hydrogen-bond donors (Lipinski definition) is 3. The largest absolute Gasteiger partial charge is 0.486 e. The fourth-order valence-corrected chi connectivity index (χ4v) is 6.50. The Morgan fingerprint density at radius 3 is 2.38 bits per heavy atom. The average Bonchev–Trinajstić information content (AvgIpc) is 3.33. The van der Waals surface area contributed by atoms with E-state index >= 15 is 0 Å². The van der Waals surface area contributed by atoms with Crippen molar-refractivity contribution >= 4 is 44.2 Å². The van der Waals surface area contributed by atoms with Crippen molar-refractivity contribution in [1.29, 1.82) is 0 Å². The van der Waals surface area contributed by atoms with Gasteiger partial charge in [-0.25, -0.2) is 13.1 Å². The summed E-state index contributed by atoms with van der Waals surface area (Å²) in [5.74, 6) is 0.0593. The normalized spacial score (nSPS) is 13.6. The molecular formula is C33H32N4O7S. The predicted octanol–water partition coefficient (Wildman–Crippen LogP) is 4.07. The lowest BCUT2D eigenvalue weighted by Gasteiger charge is -2.18. The molecule has 0 spiro atoms. The Hall–Kier alpha value is -4.94. The molecule has 2 heterocycles. The van der Waals surface area contributed by atoms with E-state index in [-0.39, 0.29) is 29.7 Å². The van der Waals surface area contributed by atoms with Gasteiger partial charge in [0.15, 0.2) is 11.5 Å². The standard InChI is InChI=1S/C33H32N4O7S/c38-30(10-2-1-3-17-34-45(41,42)25-15-16-28-29(20-25)44-19-18-43-28)35-36-32(39)24-13-11-22(12-14-24)21-37-27-9-5-7-23-6-4-8-26(31(23)27)33(37)40/h4-9,11-16,20,34H,1-3,10,17-19,21H2,(H,35,38)(H,36,39). The molecular weight excluding hydrogens is 596 g/mol. The van der Waals surface area contributed by atoms with Crippen molar-refractivity contribution in [1.82, 2.24) is 15.6 Å². The Morgan fingerprint density at radius 2 is 1.58 bits per heavy atom. The molecule has 0 bridgehead atoms. The lowest BCUT2D eigenvalue weighted by Crippen LogP contribution is -2.41. The molecule has 0 fully saturated rings. The number of rotatable bonds is 11. The number of amides is 3. The number of benzene rings is 4. The summed E-state index contributed by atoms with van der Waals surface area (Å²) in [6.45, 7) is 1.38. The van der Waals surface area contributed by atoms with Gasteiger partial charge in [0.05, 0.1) is 17.1 Å². The van der Waals surface area contributed by atoms with Crippen LogP contribution in [0.4, 0.5) is 5.69 Å². The highest BCUT2D eigenvalue weighted by Gasteiger charge is 2.29. The molecule has 0 saturated carbocycles. The zero-order valence-corrected chi connectivity index (χ0v) is 25.2. The first-order valence-electron chi connectivity index (χ1n) is 14.7. The highest BCUT2D eigenvalue weighted by atomic mass is 32.2. The van der Waals surface area contributed by atoms with Gasteiger partial charge < -0.3 is 14.4 Å². The van der Waals surface area contributed by atoms with E-state index in [4.69, 9.17) is 9.47 Å². The molecule has 11 nitrogen and oxygen atoms in total. The Labute approximate surface area is 260 Å². The third kappa shape index (κ3) is 6.61. The monoisotopic (exact) mass is 628 g/mol. The van der Waals surface area contributed by atoms with Gasteiger partial charge >= 0.3 is 0 Å². The summed E-state index contributed by atoms with van der Waals surface area (Å²) in [4.78, 5) is 39.7. The Balaban J connectivity index is 0.901. The Kier molecular flexibility index (Phi) is 8.67. The number of hydrogen-bond acceptors (Lipinski definition) is 7. The van der Waals surface area contributed by atoms with Crippen molar-refractivity contribution in [2.45, 2.75) is 37.1 Å². The van der Waals surface area contributed by atoms with Crippen LogP contribution in [0, 0.1) is 0 Å². The molecule has 6 rings (SSSR count). The number of nitrogens with one attached hydrogen (secondary N) is 3. The number of sulfonamides is 1. The van der Waals surface area contributed by atoms with Gasteiger partial charge in [-0.3, -0.25) is 25.2 Å². The zero-order chi connectivity index (χ0) is 31.4. The second-order valence-corrected chi connectivity index (χ2v) is 12.6. The average molecular weight is 629 g/mol. The number of nitrogens with zero attached hydrogens (tertiary/aromatic N) is 1. The molecule has 45 heavy (non-hydrogen) atoms. The molecule has 0 radical (unpaired) electrons. The van der Waals surface area contributed by atoms with Gasteiger partial charge in [0, 0.05) is 35.5 Å². The maximum Gasteiger partial charge on any atom is 0.269 e. The number of unbranched alkanes of at least 4 members (excludes halogenated alkanes) is 2. The fourth-order valence-electron chi connectivity index (χ4n) is 5.41. The summed E-state index contributed by atoms with van der Waals surface area (Å²) >= 11 is 0. The van der Waals surface area contributed by atoms with Crippen LogP contribution in [-0.4, -0.2) is 45.9 Å². The smallest absolute Gasteiger partial charge is 0.269 e. The van der Waals surface area contributed by atoms with E-state index in [0.717, 1.165) is 22.0 Å². The van der Waals surface area contributed by atoms with E-state index < -0.39 is 15.9 Å². The van der Waals surface area contributed by atoms with E-state index in [2.05, 4.69) is 15.6 Å². The quantitative estimate of drug-likeness (QED) is 0.168. The molecule has 2 aliphatic heterocycles. The first kappa shape index (κ1) is 30.1. The molecule has 3 amide bonds. The van der Waals surface area contributed by atoms with Crippen molar-refractivity contribution in [3.63, 3.8) is 0 Å². The van der Waals surface area contributed by atoms with Crippen LogP contribution in [0.2, 0.25) is 0 Å². The number of hydrazine groups is 1. The minimum Gasteiger partial charge on any atom is -0.486 e. The molecule has 2 aliphatic rings. The lowest BCUT2D eigenvalue weighted by molar-refractivity contribution is -0.122. The van der Waals surface area contributed by atoms with Crippen LogP contribution in [0.25, 0.3) is 10.8 Å². The van der Waals surface area contributed by atoms with Gasteiger partial charge in [-0.2, -0.15) is 0 Å². The Bertz CT molecular complexity index is 1870. The van der Waals surface area contributed by atoms with Crippen LogP contribution in [0.5, 0.6) is 11.5 Å². The first-order valence-corrected chi connectivity index (χ1v) is 16.2. The minimum absolute atomic E-state index is 0.0517. The van der Waals surface area contributed by atoms with Crippen molar-refractivity contribution in [2.24, 2.45) is 0 Å². The molecule has 0 aromatic heterocycles. The first-order chi connectivity index (χ1) is 21.8. The zero-order valence-electron chi connectivity index (χ0n) is 24.4. The number of ether oxygens (including phenoxy) is 2. The molecule has 3 N–H and O–H groups in total. The van der Waals surface area contributed by atoms with Crippen LogP contribution in [0.3, 0.4) is 0 Å². The van der Waals surface area contributed by atoms with Gasteiger partial charge in [-0.05, 0) is 60.2 Å². The van der Waals surface area contributed by atoms with E-state index in [1.54, 1.807) is 35.2 Å². The van der Waals surface area contributed by atoms with Crippen LogP contribution < -0.4 is 29.9 Å². The third-order valence-electron chi connectivity index (χ3n) is 7.72. The lowest BCUT2D eigenvalue weighted by atomic mass is 10.1. The molecule has 0 atom stereocenters. The summed E-state index contributed by atoms with van der Waals surface area (Å²) < 4.78 is 38.6. The van der Waals surface area contributed by atoms with Gasteiger partial charge in [0.25, 0.3) is 11.8 Å². The van der Waals surface area contributed by atoms with Gasteiger partial charge in [0.2, 0.25) is 15.9 Å². The van der Waals surface area contributed by atoms with E-state index in [1.807, 2.05) is 36.4 Å². The predicted molar refractivity (Wildman–Crippen MR) is 168 cm³/mol. The number of carbonyl (C=O) groups excluding carboxylic acids is 3. The van der Waals surface area contributed by atoms with E-state index in [9.17, 15) is 22.8 Å². The summed E-state index contributed by atoms with van der Waals surface area (Å²) in [6, 6.07) is 22.9. The van der Waals surface area contributed by atoms with Crippen molar-refractivity contribution in [3.05, 3.63) is 95.6 Å².